The maximum atomic E-state index is 17.2. The average molecular weight is 485 g/mol. The minimum atomic E-state index is -2.24. The molecule has 0 aliphatic heterocycles. The molecule has 0 aromatic rings. The van der Waals surface area contributed by atoms with E-state index in [0.717, 1.165) is 0 Å². The summed E-state index contributed by atoms with van der Waals surface area (Å²) >= 11 is 5.97. The van der Waals surface area contributed by atoms with E-state index in [2.05, 4.69) is 0 Å². The fourth-order valence-electron chi connectivity index (χ4n) is 7.72. The van der Waals surface area contributed by atoms with Crippen molar-refractivity contribution in [2.45, 2.75) is 77.2 Å². The number of esters is 1. The molecule has 0 bridgehead atoms. The van der Waals surface area contributed by atoms with Gasteiger partial charge in [0.05, 0.1) is 12.0 Å². The van der Waals surface area contributed by atoms with Crippen molar-refractivity contribution >= 4 is 29.1 Å². The molecule has 1 N–H and O–H groups in total. The van der Waals surface area contributed by atoms with Gasteiger partial charge in [0.25, 0.3) is 0 Å². The maximum absolute atomic E-state index is 17.2. The first-order valence-corrected chi connectivity index (χ1v) is 12.1. The van der Waals surface area contributed by atoms with Crippen molar-refractivity contribution in [2.24, 2.45) is 28.6 Å². The molecule has 5 nitrogen and oxygen atoms in total. The molecular weight excluding hydrogens is 454 g/mol. The van der Waals surface area contributed by atoms with Gasteiger partial charge in [-0.25, -0.2) is 8.78 Å². The molecule has 0 aromatic heterocycles. The molecule has 4 rings (SSSR count). The molecule has 0 radical (unpaired) electrons. The van der Waals surface area contributed by atoms with Gasteiger partial charge in [0, 0.05) is 41.9 Å². The van der Waals surface area contributed by atoms with Crippen LogP contribution in [-0.2, 0) is 19.1 Å². The van der Waals surface area contributed by atoms with Gasteiger partial charge in [0.15, 0.2) is 22.8 Å². The predicted octanol–water partition coefficient (Wildman–Crippen LogP) is 4.40. The molecular formula is C25H31ClF2O5. The molecule has 33 heavy (non-hydrogen) atoms. The Bertz CT molecular complexity index is 978. The fourth-order valence-corrected chi connectivity index (χ4v) is 7.92. The number of aliphatic hydroxyl groups is 1. The first-order valence-electron chi connectivity index (χ1n) is 11.6. The number of aliphatic hydroxyl groups excluding tert-OH is 1. The van der Waals surface area contributed by atoms with Crippen molar-refractivity contribution in [1.82, 2.24) is 0 Å². The van der Waals surface area contributed by atoms with Crippen LogP contribution in [0.1, 0.15) is 59.8 Å². The summed E-state index contributed by atoms with van der Waals surface area (Å²) in [6.45, 7) is 6.65. The number of ketones is 2. The molecule has 4 aliphatic carbocycles. The number of ether oxygens (including phenoxy) is 1. The Morgan fingerprint density at radius 2 is 1.97 bits per heavy atom. The van der Waals surface area contributed by atoms with Crippen molar-refractivity contribution in [3.05, 3.63) is 23.6 Å². The summed E-state index contributed by atoms with van der Waals surface area (Å²) in [4.78, 5) is 37.7. The lowest BCUT2D eigenvalue weighted by molar-refractivity contribution is -0.225. The van der Waals surface area contributed by atoms with Crippen LogP contribution in [0, 0.1) is 28.6 Å². The van der Waals surface area contributed by atoms with E-state index in [1.165, 1.54) is 19.1 Å². The van der Waals surface area contributed by atoms with Gasteiger partial charge in [-0.15, -0.1) is 11.6 Å². The minimum Gasteiger partial charge on any atom is -0.450 e. The van der Waals surface area contributed by atoms with Gasteiger partial charge in [-0.2, -0.15) is 0 Å². The van der Waals surface area contributed by atoms with Gasteiger partial charge in [0.2, 0.25) is 0 Å². The first kappa shape index (κ1) is 24.5. The summed E-state index contributed by atoms with van der Waals surface area (Å²) < 4.78 is 38.5. The standard InChI is InChI=1S/C25H31ClF2O5/c1-5-21(32)33-25(20(31)12-26)13(2)8-15-16-10-18(27)17-9-14(29)6-7-22(17,3)24(16,28)19(30)11-23(15,25)4/h6-7,13,15-16,19,30H,5,8-12H2,1-4H3/t13-,15?,16-,19-,22-,23-,24-,25-/m0/s1. The van der Waals surface area contributed by atoms with Gasteiger partial charge < -0.3 is 9.84 Å². The highest BCUT2D eigenvalue weighted by Crippen LogP contribution is 2.71. The summed E-state index contributed by atoms with van der Waals surface area (Å²) in [7, 11) is 0. The van der Waals surface area contributed by atoms with Crippen molar-refractivity contribution in [2.75, 3.05) is 5.88 Å². The van der Waals surface area contributed by atoms with Crippen LogP contribution in [0.15, 0.2) is 23.6 Å². The van der Waals surface area contributed by atoms with Crippen LogP contribution in [-0.4, -0.2) is 45.9 Å². The Balaban J connectivity index is 1.89. The second-order valence-electron chi connectivity index (χ2n) is 10.6. The highest BCUT2D eigenvalue weighted by Gasteiger charge is 2.77. The monoisotopic (exact) mass is 484 g/mol. The van der Waals surface area contributed by atoms with Gasteiger partial charge in [-0.3, -0.25) is 14.4 Å². The molecule has 8 atom stereocenters. The van der Waals surface area contributed by atoms with Gasteiger partial charge in [-0.05, 0) is 37.3 Å². The van der Waals surface area contributed by atoms with Gasteiger partial charge in [0.1, 0.15) is 5.83 Å². The van der Waals surface area contributed by atoms with Crippen LogP contribution in [0.25, 0.3) is 0 Å². The third-order valence-electron chi connectivity index (χ3n) is 9.30. The van der Waals surface area contributed by atoms with E-state index in [0.29, 0.717) is 6.42 Å². The SMILES string of the molecule is CCC(=O)O[C@]1(C(=O)CCl)[C@@H](C)CC2[C@@H]3CC(F)=C4CC(=O)C=C[C@]4(C)[C@@]3(F)[C@@H](O)C[C@@]21C. The molecule has 182 valence electrons. The lowest BCUT2D eigenvalue weighted by atomic mass is 9.45. The maximum Gasteiger partial charge on any atom is 0.306 e. The molecule has 0 aromatic carbocycles. The van der Waals surface area contributed by atoms with E-state index in [-0.39, 0.29) is 37.0 Å². The molecule has 0 heterocycles. The third-order valence-corrected chi connectivity index (χ3v) is 9.54. The fraction of sp³-hybridized carbons (Fsp3) is 0.720. The summed E-state index contributed by atoms with van der Waals surface area (Å²) in [5, 5.41) is 11.4. The normalized spacial score (nSPS) is 46.5. The Morgan fingerprint density at radius 3 is 2.58 bits per heavy atom. The molecule has 2 saturated carbocycles. The smallest absolute Gasteiger partial charge is 0.306 e. The molecule has 0 amide bonds. The lowest BCUT2D eigenvalue weighted by Gasteiger charge is -2.62. The number of rotatable bonds is 4. The predicted molar refractivity (Wildman–Crippen MR) is 118 cm³/mol. The second-order valence-corrected chi connectivity index (χ2v) is 10.9. The van der Waals surface area contributed by atoms with E-state index in [1.54, 1.807) is 20.8 Å². The zero-order chi connectivity index (χ0) is 24.6. The molecule has 0 saturated heterocycles. The highest BCUT2D eigenvalue weighted by molar-refractivity contribution is 6.29. The summed E-state index contributed by atoms with van der Waals surface area (Å²) in [6, 6.07) is 0. The van der Waals surface area contributed by atoms with Crippen LogP contribution in [0.3, 0.4) is 0 Å². The van der Waals surface area contributed by atoms with Crippen molar-refractivity contribution < 1.29 is 33.0 Å². The number of halogens is 3. The Morgan fingerprint density at radius 1 is 1.30 bits per heavy atom. The molecule has 2 fully saturated rings. The zero-order valence-electron chi connectivity index (χ0n) is 19.4. The van der Waals surface area contributed by atoms with Crippen LogP contribution >= 0.6 is 11.6 Å². The quantitative estimate of drug-likeness (QED) is 0.472. The number of hydrogen-bond donors (Lipinski definition) is 1. The summed E-state index contributed by atoms with van der Waals surface area (Å²) in [5.74, 6) is -4.30. The Hall–Kier alpha value is -1.60. The van der Waals surface area contributed by atoms with Crippen LogP contribution < -0.4 is 0 Å². The van der Waals surface area contributed by atoms with Crippen LogP contribution in [0.5, 0.6) is 0 Å². The zero-order valence-corrected chi connectivity index (χ0v) is 20.2. The number of allylic oxidation sites excluding steroid dienone is 4. The van der Waals surface area contributed by atoms with Crippen molar-refractivity contribution in [3.8, 4) is 0 Å². The first-order chi connectivity index (χ1) is 15.3. The van der Waals surface area contributed by atoms with Crippen molar-refractivity contribution in [1.29, 1.82) is 0 Å². The Labute approximate surface area is 197 Å². The number of alkyl halides is 2. The topological polar surface area (TPSA) is 80.7 Å². The minimum absolute atomic E-state index is 0.0431. The van der Waals surface area contributed by atoms with Crippen molar-refractivity contribution in [3.63, 3.8) is 0 Å². The number of fused-ring (bicyclic) bond motifs is 5. The third kappa shape index (κ3) is 2.87. The summed E-state index contributed by atoms with van der Waals surface area (Å²) in [6.07, 6.45) is 0.803. The van der Waals surface area contributed by atoms with Gasteiger partial charge >= 0.3 is 5.97 Å². The molecule has 4 aliphatic rings. The number of carbonyl (C=O) groups excluding carboxylic acids is 3. The number of Topliss-reactive ketones (excluding diaryl/α,β-unsaturated/α-hetero) is 1. The molecule has 1 unspecified atom stereocenters. The number of hydrogen-bond acceptors (Lipinski definition) is 5. The largest absolute Gasteiger partial charge is 0.450 e. The highest BCUT2D eigenvalue weighted by atomic mass is 35.5. The molecule has 8 heteroatoms. The summed E-state index contributed by atoms with van der Waals surface area (Å²) in [5.41, 5.74) is -6.41. The number of carbonyl (C=O) groups is 3. The van der Waals surface area contributed by atoms with E-state index in [4.69, 9.17) is 16.3 Å². The van der Waals surface area contributed by atoms with Crippen LogP contribution in [0.4, 0.5) is 8.78 Å². The van der Waals surface area contributed by atoms with E-state index in [9.17, 15) is 19.5 Å². The second kappa shape index (κ2) is 7.70. The van der Waals surface area contributed by atoms with E-state index < -0.39 is 69.4 Å². The lowest BCUT2D eigenvalue weighted by Crippen LogP contribution is -2.70. The van der Waals surface area contributed by atoms with Gasteiger partial charge in [-0.1, -0.05) is 26.8 Å². The Kier molecular flexibility index (Phi) is 5.73. The van der Waals surface area contributed by atoms with Crippen LogP contribution in [0.2, 0.25) is 0 Å². The average Bonchev–Trinajstić information content (AvgIpc) is 2.98. The van der Waals surface area contributed by atoms with E-state index in [1.807, 2.05) is 0 Å². The van der Waals surface area contributed by atoms with E-state index >= 15 is 8.78 Å². The molecule has 0 spiro atoms.